The molecule has 0 aliphatic heterocycles. The summed E-state index contributed by atoms with van der Waals surface area (Å²) in [6.07, 6.45) is 10.1. The van der Waals surface area contributed by atoms with Gasteiger partial charge in [-0.1, -0.05) is 41.0 Å². The molecule has 2 unspecified atom stereocenters. The number of phosphoric acid groups is 2. The van der Waals surface area contributed by atoms with Gasteiger partial charge >= 0.3 is 0 Å². The van der Waals surface area contributed by atoms with Crippen LogP contribution in [0.1, 0.15) is 53.4 Å². The van der Waals surface area contributed by atoms with E-state index in [1.807, 2.05) is 20.8 Å². The van der Waals surface area contributed by atoms with Crippen LogP contribution in [0, 0.1) is 0 Å². The number of allylic oxidation sites excluding steroid dienone is 7. The van der Waals surface area contributed by atoms with E-state index in [-0.39, 0.29) is 24.6 Å². The number of rotatable bonds is 12. The third-order valence-electron chi connectivity index (χ3n) is 3.19. The van der Waals surface area contributed by atoms with Crippen molar-refractivity contribution in [1.82, 2.24) is 24.6 Å². The monoisotopic (exact) mass is 526 g/mol. The molecule has 0 fully saturated rings. The van der Waals surface area contributed by atoms with Gasteiger partial charge < -0.3 is 53.3 Å². The van der Waals surface area contributed by atoms with Gasteiger partial charge in [-0.3, -0.25) is 13.2 Å². The molecule has 194 valence electrons. The molecule has 32 heavy (non-hydrogen) atoms. The molecule has 16 N–H and O–H groups in total. The predicted octanol–water partition coefficient (Wildman–Crippen LogP) is 4.31. The van der Waals surface area contributed by atoms with Gasteiger partial charge in [-0.2, -0.15) is 0 Å². The van der Waals surface area contributed by atoms with Crippen LogP contribution in [0.15, 0.2) is 46.8 Å². The summed E-state index contributed by atoms with van der Waals surface area (Å²) < 4.78 is 39.5. The molecule has 0 heterocycles. The SMILES string of the molecule is CC(C)=CCC/C(C)=C/CC/C(C)=C/C=C/P(=O)([O-])OP(=O)([O-])OP(=O)([O-])[O-].[NH4+].[NH4+].[NH4+].[NH4+]. The molecule has 0 amide bonds. The second kappa shape index (κ2) is 18.7. The summed E-state index contributed by atoms with van der Waals surface area (Å²) in [5, 5.41) is 0. The van der Waals surface area contributed by atoms with Crippen LogP contribution in [0.5, 0.6) is 0 Å². The van der Waals surface area contributed by atoms with Crippen LogP contribution in [-0.2, 0) is 22.3 Å². The average Bonchev–Trinajstić information content (AvgIpc) is 2.42. The van der Waals surface area contributed by atoms with Crippen LogP contribution in [-0.4, -0.2) is 0 Å². The Morgan fingerprint density at radius 3 is 1.69 bits per heavy atom. The molecule has 0 aromatic carbocycles. The summed E-state index contributed by atoms with van der Waals surface area (Å²) in [5.41, 5.74) is 3.35. The molecule has 0 saturated heterocycles. The molecule has 13 nitrogen and oxygen atoms in total. The van der Waals surface area contributed by atoms with E-state index in [2.05, 4.69) is 20.8 Å². The van der Waals surface area contributed by atoms with Crippen LogP contribution >= 0.6 is 23.2 Å². The maximum absolute atomic E-state index is 11.5. The lowest BCUT2D eigenvalue weighted by Crippen LogP contribution is -2.19. The summed E-state index contributed by atoms with van der Waals surface area (Å²) >= 11 is 0. The zero-order valence-electron chi connectivity index (χ0n) is 20.2. The van der Waals surface area contributed by atoms with Crippen LogP contribution in [0.3, 0.4) is 0 Å². The minimum atomic E-state index is -5.95. The maximum Gasteiger partial charge on any atom is 0.276 e. The Bertz CT molecular complexity index is 788. The van der Waals surface area contributed by atoms with Crippen molar-refractivity contribution >= 4 is 23.2 Å². The van der Waals surface area contributed by atoms with Crippen LogP contribution in [0.25, 0.3) is 0 Å². The maximum atomic E-state index is 11.5. The van der Waals surface area contributed by atoms with Crippen molar-refractivity contribution in [3.63, 3.8) is 0 Å². The normalized spacial score (nSPS) is 15.8. The lowest BCUT2D eigenvalue weighted by molar-refractivity contribution is -0.339. The van der Waals surface area contributed by atoms with Crippen LogP contribution in [0.2, 0.25) is 0 Å². The third kappa shape index (κ3) is 25.5. The van der Waals surface area contributed by atoms with E-state index in [0.29, 0.717) is 12.2 Å². The molecule has 0 bridgehead atoms. The van der Waals surface area contributed by atoms with E-state index < -0.39 is 23.2 Å². The van der Waals surface area contributed by atoms with Gasteiger partial charge in [0.05, 0.1) is 7.82 Å². The fourth-order valence-corrected chi connectivity index (χ4v) is 4.93. The van der Waals surface area contributed by atoms with E-state index in [4.69, 9.17) is 0 Å². The van der Waals surface area contributed by atoms with Gasteiger partial charge in [-0.25, -0.2) is 0 Å². The first-order valence-electron chi connectivity index (χ1n) is 8.32. The van der Waals surface area contributed by atoms with E-state index in [1.165, 1.54) is 17.2 Å². The van der Waals surface area contributed by atoms with Crippen molar-refractivity contribution in [2.24, 2.45) is 0 Å². The van der Waals surface area contributed by atoms with Crippen LogP contribution in [0.4, 0.5) is 0 Å². The topological polar surface area (TPSA) is 308 Å². The first-order chi connectivity index (χ1) is 12.6. The van der Waals surface area contributed by atoms with Gasteiger partial charge in [0.25, 0.3) is 7.82 Å². The summed E-state index contributed by atoms with van der Waals surface area (Å²) in [5.74, 6) is 0.436. The highest BCUT2D eigenvalue weighted by atomic mass is 31.3. The van der Waals surface area contributed by atoms with E-state index >= 15 is 0 Å². The van der Waals surface area contributed by atoms with Crippen molar-refractivity contribution in [2.45, 2.75) is 53.4 Å². The van der Waals surface area contributed by atoms with Crippen molar-refractivity contribution in [3.8, 4) is 0 Å². The minimum absolute atomic E-state index is 0. The molecule has 16 heteroatoms. The molecule has 0 aromatic rings. The Morgan fingerprint density at radius 1 is 0.750 bits per heavy atom. The number of hydrogen-bond donors (Lipinski definition) is 4. The van der Waals surface area contributed by atoms with Crippen molar-refractivity contribution < 1.29 is 41.9 Å². The smallest absolute Gasteiger partial charge is 0.276 e. The van der Waals surface area contributed by atoms with Crippen molar-refractivity contribution in [3.05, 3.63) is 46.8 Å². The molecule has 0 spiro atoms. The molecule has 0 aromatic heterocycles. The summed E-state index contributed by atoms with van der Waals surface area (Å²) in [4.78, 5) is 43.0. The van der Waals surface area contributed by atoms with E-state index in [9.17, 15) is 33.3 Å². The van der Waals surface area contributed by atoms with Crippen molar-refractivity contribution in [1.29, 1.82) is 0 Å². The number of quaternary nitrogens is 4. The molecular formula is C16H41N4O9P3. The van der Waals surface area contributed by atoms with Gasteiger partial charge in [0.1, 0.15) is 0 Å². The second-order valence-electron chi connectivity index (χ2n) is 6.36. The standard InChI is InChI=1S/C16H29O9P3.4H3N/c1-14(2)8-5-9-15(3)10-6-11-16(4)12-7-13-26(17,18)24-28(22,23)25-27(19,20)21;;;;/h7-8,10,12-13H,5-6,9,11H2,1-4H3,(H,17,18)(H,22,23)(H2,19,20,21);4*1H3/b13-7+,15-10+,16-12+;;;;. The van der Waals surface area contributed by atoms with Crippen LogP contribution < -0.4 is 44.2 Å². The van der Waals surface area contributed by atoms with Gasteiger partial charge in [-0.05, 0) is 59.2 Å². The lowest BCUT2D eigenvalue weighted by atomic mass is 10.1. The van der Waals surface area contributed by atoms with E-state index in [1.54, 1.807) is 6.92 Å². The van der Waals surface area contributed by atoms with E-state index in [0.717, 1.165) is 30.9 Å². The Hall–Kier alpha value is -0.750. The predicted molar refractivity (Wildman–Crippen MR) is 123 cm³/mol. The quantitative estimate of drug-likeness (QED) is 0.159. The second-order valence-corrected chi connectivity index (χ2v) is 10.8. The third-order valence-corrected chi connectivity index (χ3v) is 7.03. The average molecular weight is 526 g/mol. The lowest BCUT2D eigenvalue weighted by Gasteiger charge is -2.37. The molecule has 0 aliphatic rings. The molecule has 0 radical (unpaired) electrons. The molecule has 0 rings (SSSR count). The molecule has 2 atom stereocenters. The minimum Gasteiger partial charge on any atom is -0.790 e. The Kier molecular flexibility index (Phi) is 24.2. The molecule has 0 aliphatic carbocycles. The van der Waals surface area contributed by atoms with Gasteiger partial charge in [0, 0.05) is 0 Å². The fraction of sp³-hybridized carbons (Fsp3) is 0.500. The summed E-state index contributed by atoms with van der Waals surface area (Å²) in [7, 11) is -16.9. The zero-order valence-corrected chi connectivity index (χ0v) is 22.9. The molecular weight excluding hydrogens is 485 g/mol. The van der Waals surface area contributed by atoms with Crippen molar-refractivity contribution in [2.75, 3.05) is 0 Å². The Balaban J connectivity index is -0.000000607. The zero-order chi connectivity index (χ0) is 22.0. The first kappa shape index (κ1) is 41.5. The fourth-order valence-electron chi connectivity index (χ4n) is 1.94. The summed E-state index contributed by atoms with van der Waals surface area (Å²) in [6, 6.07) is 0. The Labute approximate surface area is 190 Å². The largest absolute Gasteiger partial charge is 0.790 e. The van der Waals surface area contributed by atoms with Gasteiger partial charge in [0.15, 0.2) is 7.60 Å². The van der Waals surface area contributed by atoms with Gasteiger partial charge in [0.2, 0.25) is 0 Å². The highest BCUT2D eigenvalue weighted by Crippen LogP contribution is 2.60. The highest BCUT2D eigenvalue weighted by Gasteiger charge is 2.18. The highest BCUT2D eigenvalue weighted by molar-refractivity contribution is 7.67. The summed E-state index contributed by atoms with van der Waals surface area (Å²) in [6.45, 7) is 7.89. The Morgan fingerprint density at radius 2 is 1.22 bits per heavy atom. The first-order valence-corrected chi connectivity index (χ1v) is 12.9. The van der Waals surface area contributed by atoms with Gasteiger partial charge in [-0.15, -0.1) is 0 Å². The number of hydrogen-bond acceptors (Lipinski definition) is 9. The molecule has 0 saturated carbocycles.